The van der Waals surface area contributed by atoms with Gasteiger partial charge in [0.15, 0.2) is 5.75 Å². The molecule has 0 saturated heterocycles. The summed E-state index contributed by atoms with van der Waals surface area (Å²) < 4.78 is 10.9. The molecular formula is C15H17NO2. The highest BCUT2D eigenvalue weighted by atomic mass is 16.5. The zero-order chi connectivity index (χ0) is 13.1. The molecule has 0 amide bonds. The normalized spacial score (nSPS) is 10.2. The molecule has 0 bridgehead atoms. The molecule has 0 saturated carbocycles. The van der Waals surface area contributed by atoms with Crippen molar-refractivity contribution < 1.29 is 9.47 Å². The Kier molecular flexibility index (Phi) is 3.42. The number of hydrogen-bond acceptors (Lipinski definition) is 3. The SMILES string of the molecule is COc1ccc(Oc2cc(C)ccc2C)c(N)c1. The van der Waals surface area contributed by atoms with Gasteiger partial charge < -0.3 is 15.2 Å². The third-order valence-corrected chi connectivity index (χ3v) is 2.78. The maximum atomic E-state index is 5.93. The first-order chi connectivity index (χ1) is 8.60. The van der Waals surface area contributed by atoms with Crippen molar-refractivity contribution in [3.63, 3.8) is 0 Å². The molecule has 0 fully saturated rings. The molecule has 2 N–H and O–H groups in total. The van der Waals surface area contributed by atoms with E-state index in [1.54, 1.807) is 13.2 Å². The van der Waals surface area contributed by atoms with E-state index < -0.39 is 0 Å². The molecule has 3 nitrogen and oxygen atoms in total. The van der Waals surface area contributed by atoms with Gasteiger partial charge in [-0.05, 0) is 43.2 Å². The standard InChI is InChI=1S/C15H17NO2/c1-10-4-5-11(2)15(8-10)18-14-7-6-12(17-3)9-13(14)16/h4-9H,16H2,1-3H3. The predicted octanol–water partition coefficient (Wildman–Crippen LogP) is 3.69. The van der Waals surface area contributed by atoms with Gasteiger partial charge in [-0.2, -0.15) is 0 Å². The van der Waals surface area contributed by atoms with Crippen molar-refractivity contribution in [2.45, 2.75) is 13.8 Å². The summed E-state index contributed by atoms with van der Waals surface area (Å²) in [7, 11) is 1.61. The summed E-state index contributed by atoms with van der Waals surface area (Å²) in [6.45, 7) is 4.04. The molecule has 0 spiro atoms. The van der Waals surface area contributed by atoms with Crippen LogP contribution in [0.25, 0.3) is 0 Å². The van der Waals surface area contributed by atoms with Gasteiger partial charge in [0.05, 0.1) is 12.8 Å². The molecule has 0 aliphatic rings. The number of methoxy groups -OCH3 is 1. The van der Waals surface area contributed by atoms with E-state index in [1.165, 1.54) is 0 Å². The van der Waals surface area contributed by atoms with E-state index in [1.807, 2.05) is 38.1 Å². The highest BCUT2D eigenvalue weighted by Gasteiger charge is 2.06. The molecule has 2 rings (SSSR count). The fourth-order valence-electron chi connectivity index (χ4n) is 1.68. The van der Waals surface area contributed by atoms with E-state index in [0.29, 0.717) is 11.4 Å². The van der Waals surface area contributed by atoms with Gasteiger partial charge in [0.2, 0.25) is 0 Å². The Morgan fingerprint density at radius 3 is 2.39 bits per heavy atom. The molecule has 2 aromatic rings. The number of rotatable bonds is 3. The fraction of sp³-hybridized carbons (Fsp3) is 0.200. The second kappa shape index (κ2) is 5.00. The minimum absolute atomic E-state index is 0.565. The second-order valence-corrected chi connectivity index (χ2v) is 4.27. The van der Waals surface area contributed by atoms with Crippen LogP contribution in [-0.2, 0) is 0 Å². The van der Waals surface area contributed by atoms with Crippen molar-refractivity contribution >= 4 is 5.69 Å². The summed E-state index contributed by atoms with van der Waals surface area (Å²) in [5, 5.41) is 0. The van der Waals surface area contributed by atoms with Crippen LogP contribution in [0, 0.1) is 13.8 Å². The van der Waals surface area contributed by atoms with Crippen molar-refractivity contribution in [2.75, 3.05) is 12.8 Å². The molecule has 0 radical (unpaired) electrons. The minimum Gasteiger partial charge on any atom is -0.497 e. The summed E-state index contributed by atoms with van der Waals surface area (Å²) in [5.74, 6) is 2.19. The number of anilines is 1. The smallest absolute Gasteiger partial charge is 0.150 e. The number of nitrogen functional groups attached to an aromatic ring is 1. The Labute approximate surface area is 107 Å². The summed E-state index contributed by atoms with van der Waals surface area (Å²) in [4.78, 5) is 0. The molecule has 0 aliphatic carbocycles. The molecule has 0 aliphatic heterocycles. The van der Waals surface area contributed by atoms with Crippen LogP contribution >= 0.6 is 0 Å². The summed E-state index contributed by atoms with van der Waals surface area (Å²) in [6, 6.07) is 11.5. The van der Waals surface area contributed by atoms with E-state index in [4.69, 9.17) is 15.2 Å². The average Bonchev–Trinajstić information content (AvgIpc) is 2.36. The second-order valence-electron chi connectivity index (χ2n) is 4.27. The van der Waals surface area contributed by atoms with E-state index in [2.05, 4.69) is 6.07 Å². The van der Waals surface area contributed by atoms with Crippen molar-refractivity contribution in [2.24, 2.45) is 0 Å². The van der Waals surface area contributed by atoms with Crippen molar-refractivity contribution in [1.29, 1.82) is 0 Å². The van der Waals surface area contributed by atoms with Crippen LogP contribution in [0.3, 0.4) is 0 Å². The van der Waals surface area contributed by atoms with Crippen LogP contribution in [0.5, 0.6) is 17.2 Å². The molecular weight excluding hydrogens is 226 g/mol. The Bertz CT molecular complexity index is 564. The van der Waals surface area contributed by atoms with Crippen molar-refractivity contribution in [1.82, 2.24) is 0 Å². The molecule has 18 heavy (non-hydrogen) atoms. The highest BCUT2D eigenvalue weighted by molar-refractivity contribution is 5.58. The molecule has 3 heteroatoms. The largest absolute Gasteiger partial charge is 0.497 e. The molecule has 2 aromatic carbocycles. The monoisotopic (exact) mass is 243 g/mol. The molecule has 0 heterocycles. The quantitative estimate of drug-likeness (QED) is 0.836. The summed E-state index contributed by atoms with van der Waals surface area (Å²) >= 11 is 0. The van der Waals surface area contributed by atoms with Gasteiger partial charge >= 0.3 is 0 Å². The summed E-state index contributed by atoms with van der Waals surface area (Å²) in [6.07, 6.45) is 0. The van der Waals surface area contributed by atoms with Crippen LogP contribution in [0.15, 0.2) is 36.4 Å². The molecule has 0 atom stereocenters. The minimum atomic E-state index is 0.565. The van der Waals surface area contributed by atoms with Gasteiger partial charge in [-0.15, -0.1) is 0 Å². The first-order valence-electron chi connectivity index (χ1n) is 5.79. The Hall–Kier alpha value is -2.16. The van der Waals surface area contributed by atoms with Crippen molar-refractivity contribution in [3.05, 3.63) is 47.5 Å². The predicted molar refractivity (Wildman–Crippen MR) is 73.4 cm³/mol. The highest BCUT2D eigenvalue weighted by Crippen LogP contribution is 2.32. The zero-order valence-electron chi connectivity index (χ0n) is 10.9. The van der Waals surface area contributed by atoms with Crippen molar-refractivity contribution in [3.8, 4) is 17.2 Å². The first-order valence-corrected chi connectivity index (χ1v) is 5.79. The van der Waals surface area contributed by atoms with E-state index in [-0.39, 0.29) is 0 Å². The maximum absolute atomic E-state index is 5.93. The Balaban J connectivity index is 2.31. The Morgan fingerprint density at radius 2 is 1.72 bits per heavy atom. The van der Waals surface area contributed by atoms with Crippen LogP contribution in [0.2, 0.25) is 0 Å². The fourth-order valence-corrected chi connectivity index (χ4v) is 1.68. The third kappa shape index (κ3) is 2.56. The average molecular weight is 243 g/mol. The van der Waals surface area contributed by atoms with Gasteiger partial charge in [-0.25, -0.2) is 0 Å². The number of ether oxygens (including phenoxy) is 2. The van der Waals surface area contributed by atoms with Crippen LogP contribution < -0.4 is 15.2 Å². The van der Waals surface area contributed by atoms with E-state index in [9.17, 15) is 0 Å². The van der Waals surface area contributed by atoms with Crippen LogP contribution in [0.4, 0.5) is 5.69 Å². The van der Waals surface area contributed by atoms with Gasteiger partial charge in [-0.3, -0.25) is 0 Å². The van der Waals surface area contributed by atoms with E-state index >= 15 is 0 Å². The first kappa shape index (κ1) is 12.3. The lowest BCUT2D eigenvalue weighted by Gasteiger charge is -2.12. The topological polar surface area (TPSA) is 44.5 Å². The number of hydrogen-bond donors (Lipinski definition) is 1. The molecule has 0 unspecified atom stereocenters. The Morgan fingerprint density at radius 1 is 0.944 bits per heavy atom. The van der Waals surface area contributed by atoms with Gasteiger partial charge in [0, 0.05) is 6.07 Å². The molecule has 94 valence electrons. The van der Waals surface area contributed by atoms with Gasteiger partial charge in [-0.1, -0.05) is 12.1 Å². The third-order valence-electron chi connectivity index (χ3n) is 2.78. The number of benzene rings is 2. The lowest BCUT2D eigenvalue weighted by atomic mass is 10.1. The summed E-state index contributed by atoms with van der Waals surface area (Å²) in [5.41, 5.74) is 8.73. The lowest BCUT2D eigenvalue weighted by molar-refractivity contribution is 0.413. The van der Waals surface area contributed by atoms with Crippen LogP contribution in [0.1, 0.15) is 11.1 Å². The van der Waals surface area contributed by atoms with Crippen LogP contribution in [-0.4, -0.2) is 7.11 Å². The van der Waals surface area contributed by atoms with Gasteiger partial charge in [0.1, 0.15) is 11.5 Å². The lowest BCUT2D eigenvalue weighted by Crippen LogP contribution is -1.95. The number of aryl methyl sites for hydroxylation is 2. The maximum Gasteiger partial charge on any atom is 0.150 e. The van der Waals surface area contributed by atoms with E-state index in [0.717, 1.165) is 22.6 Å². The zero-order valence-corrected chi connectivity index (χ0v) is 10.9. The van der Waals surface area contributed by atoms with Gasteiger partial charge in [0.25, 0.3) is 0 Å². The molecule has 0 aromatic heterocycles. The number of nitrogens with two attached hydrogens (primary N) is 1.